The van der Waals surface area contributed by atoms with Crippen LogP contribution >= 0.6 is 0 Å². The second-order valence-corrected chi connectivity index (χ2v) is 4.31. The van der Waals surface area contributed by atoms with E-state index in [4.69, 9.17) is 0 Å². The summed E-state index contributed by atoms with van der Waals surface area (Å²) < 4.78 is 12.8. The molecule has 17 heavy (non-hydrogen) atoms. The van der Waals surface area contributed by atoms with Gasteiger partial charge >= 0.3 is 0 Å². The lowest BCUT2D eigenvalue weighted by atomic mass is 9.96. The van der Waals surface area contributed by atoms with E-state index in [0.717, 1.165) is 16.7 Å². The van der Waals surface area contributed by atoms with Crippen molar-refractivity contribution in [3.05, 3.63) is 70.5 Å². The highest BCUT2D eigenvalue weighted by molar-refractivity contribution is 5.37. The van der Waals surface area contributed by atoms with Gasteiger partial charge in [0, 0.05) is 0 Å². The first-order valence-corrected chi connectivity index (χ1v) is 5.58. The number of rotatable bonds is 2. The Morgan fingerprint density at radius 3 is 2.24 bits per heavy atom. The van der Waals surface area contributed by atoms with Crippen molar-refractivity contribution in [2.45, 2.75) is 20.0 Å². The molecule has 2 heteroatoms. The van der Waals surface area contributed by atoms with Crippen LogP contribution < -0.4 is 0 Å². The third-order valence-electron chi connectivity index (χ3n) is 2.91. The summed E-state index contributed by atoms with van der Waals surface area (Å²) in [6, 6.07) is 11.9. The van der Waals surface area contributed by atoms with Crippen LogP contribution in [0.25, 0.3) is 0 Å². The average molecular weight is 230 g/mol. The van der Waals surface area contributed by atoms with E-state index in [-0.39, 0.29) is 5.82 Å². The standard InChI is InChI=1S/C15H15FO/c1-10-3-8-14(11(2)9-10)15(17)12-4-6-13(16)7-5-12/h3-9,15,17H,1-2H3/t15-/m1/s1. The van der Waals surface area contributed by atoms with Gasteiger partial charge in [0.2, 0.25) is 0 Å². The van der Waals surface area contributed by atoms with E-state index in [2.05, 4.69) is 0 Å². The molecule has 1 atom stereocenters. The average Bonchev–Trinajstić information content (AvgIpc) is 2.29. The number of hydrogen-bond acceptors (Lipinski definition) is 1. The molecule has 0 spiro atoms. The summed E-state index contributed by atoms with van der Waals surface area (Å²) in [7, 11) is 0. The first-order chi connectivity index (χ1) is 8.08. The molecule has 1 N–H and O–H groups in total. The van der Waals surface area contributed by atoms with Gasteiger partial charge in [-0.1, -0.05) is 35.9 Å². The van der Waals surface area contributed by atoms with Gasteiger partial charge < -0.3 is 5.11 Å². The third kappa shape index (κ3) is 2.53. The summed E-state index contributed by atoms with van der Waals surface area (Å²) in [6.07, 6.45) is -0.698. The summed E-state index contributed by atoms with van der Waals surface area (Å²) in [4.78, 5) is 0. The van der Waals surface area contributed by atoms with E-state index in [0.29, 0.717) is 5.56 Å². The zero-order valence-corrected chi connectivity index (χ0v) is 9.94. The molecule has 0 amide bonds. The second-order valence-electron chi connectivity index (χ2n) is 4.31. The predicted octanol–water partition coefficient (Wildman–Crippen LogP) is 3.52. The minimum atomic E-state index is -0.698. The van der Waals surface area contributed by atoms with Crippen molar-refractivity contribution in [2.24, 2.45) is 0 Å². The van der Waals surface area contributed by atoms with Crippen molar-refractivity contribution < 1.29 is 9.50 Å². The maximum absolute atomic E-state index is 12.8. The summed E-state index contributed by atoms with van der Waals surface area (Å²) in [5.74, 6) is -0.290. The molecule has 0 saturated heterocycles. The zero-order valence-electron chi connectivity index (χ0n) is 9.94. The summed E-state index contributed by atoms with van der Waals surface area (Å²) in [6.45, 7) is 3.98. The lowest BCUT2D eigenvalue weighted by Gasteiger charge is -2.14. The van der Waals surface area contributed by atoms with Gasteiger partial charge in [-0.3, -0.25) is 0 Å². The van der Waals surface area contributed by atoms with Crippen molar-refractivity contribution in [3.8, 4) is 0 Å². The summed E-state index contributed by atoms with van der Waals surface area (Å²) in [5, 5.41) is 10.2. The van der Waals surface area contributed by atoms with Crippen LogP contribution in [-0.4, -0.2) is 5.11 Å². The van der Waals surface area contributed by atoms with E-state index >= 15 is 0 Å². The van der Waals surface area contributed by atoms with Gasteiger partial charge in [0.1, 0.15) is 11.9 Å². The van der Waals surface area contributed by atoms with Crippen molar-refractivity contribution in [1.82, 2.24) is 0 Å². The van der Waals surface area contributed by atoms with Gasteiger partial charge in [-0.05, 0) is 42.7 Å². The fourth-order valence-electron chi connectivity index (χ4n) is 1.96. The predicted molar refractivity (Wildman–Crippen MR) is 66.4 cm³/mol. The number of hydrogen-bond donors (Lipinski definition) is 1. The van der Waals surface area contributed by atoms with Gasteiger partial charge in [0.15, 0.2) is 0 Å². The molecule has 0 unspecified atom stereocenters. The Morgan fingerprint density at radius 2 is 1.65 bits per heavy atom. The molecule has 0 aliphatic heterocycles. The topological polar surface area (TPSA) is 20.2 Å². The number of aliphatic hydroxyl groups is 1. The quantitative estimate of drug-likeness (QED) is 0.836. The fraction of sp³-hybridized carbons (Fsp3) is 0.200. The number of halogens is 1. The van der Waals surface area contributed by atoms with E-state index in [1.165, 1.54) is 12.1 Å². The van der Waals surface area contributed by atoms with Crippen LogP contribution in [0, 0.1) is 19.7 Å². The molecular weight excluding hydrogens is 215 g/mol. The second kappa shape index (κ2) is 4.68. The van der Waals surface area contributed by atoms with E-state index in [1.54, 1.807) is 12.1 Å². The summed E-state index contributed by atoms with van der Waals surface area (Å²) >= 11 is 0. The number of aliphatic hydroxyl groups excluding tert-OH is 1. The first kappa shape index (κ1) is 11.8. The van der Waals surface area contributed by atoms with Crippen molar-refractivity contribution in [3.63, 3.8) is 0 Å². The molecule has 2 aromatic rings. The van der Waals surface area contributed by atoms with Crippen LogP contribution in [0.5, 0.6) is 0 Å². The Bertz CT molecular complexity index is 517. The maximum Gasteiger partial charge on any atom is 0.123 e. The summed E-state index contributed by atoms with van der Waals surface area (Å²) in [5.41, 5.74) is 3.78. The Kier molecular flexibility index (Phi) is 3.25. The molecular formula is C15H15FO. The number of aryl methyl sites for hydroxylation is 2. The lowest BCUT2D eigenvalue weighted by Crippen LogP contribution is -2.02. The molecule has 0 heterocycles. The highest BCUT2D eigenvalue weighted by Gasteiger charge is 2.12. The van der Waals surface area contributed by atoms with Crippen LogP contribution in [-0.2, 0) is 0 Å². The molecule has 0 aromatic heterocycles. The molecule has 0 aliphatic carbocycles. The Labute approximate surface area is 101 Å². The Hall–Kier alpha value is -1.67. The smallest absolute Gasteiger partial charge is 0.123 e. The molecule has 0 bridgehead atoms. The van der Waals surface area contributed by atoms with Gasteiger partial charge in [0.25, 0.3) is 0 Å². The van der Waals surface area contributed by atoms with Gasteiger partial charge in [-0.25, -0.2) is 4.39 Å². The van der Waals surface area contributed by atoms with E-state index in [1.807, 2.05) is 32.0 Å². The molecule has 0 radical (unpaired) electrons. The minimum Gasteiger partial charge on any atom is -0.384 e. The maximum atomic E-state index is 12.8. The van der Waals surface area contributed by atoms with Crippen molar-refractivity contribution in [1.29, 1.82) is 0 Å². The van der Waals surface area contributed by atoms with Crippen LogP contribution in [0.3, 0.4) is 0 Å². The van der Waals surface area contributed by atoms with Gasteiger partial charge in [-0.15, -0.1) is 0 Å². The molecule has 2 rings (SSSR count). The van der Waals surface area contributed by atoms with Crippen LogP contribution in [0.15, 0.2) is 42.5 Å². The van der Waals surface area contributed by atoms with Crippen LogP contribution in [0.2, 0.25) is 0 Å². The molecule has 0 saturated carbocycles. The van der Waals surface area contributed by atoms with Gasteiger partial charge in [-0.2, -0.15) is 0 Å². The SMILES string of the molecule is Cc1ccc([C@H](O)c2ccc(F)cc2)c(C)c1. The van der Waals surface area contributed by atoms with E-state index in [9.17, 15) is 9.50 Å². The number of benzene rings is 2. The normalized spacial score (nSPS) is 12.5. The molecule has 88 valence electrons. The van der Waals surface area contributed by atoms with Crippen molar-refractivity contribution >= 4 is 0 Å². The molecule has 1 nitrogen and oxygen atoms in total. The van der Waals surface area contributed by atoms with Crippen molar-refractivity contribution in [2.75, 3.05) is 0 Å². The van der Waals surface area contributed by atoms with Crippen LogP contribution in [0.1, 0.15) is 28.4 Å². The fourth-order valence-corrected chi connectivity index (χ4v) is 1.96. The lowest BCUT2D eigenvalue weighted by molar-refractivity contribution is 0.219. The molecule has 0 fully saturated rings. The van der Waals surface area contributed by atoms with Crippen LogP contribution in [0.4, 0.5) is 4.39 Å². The molecule has 0 aliphatic rings. The molecule has 2 aromatic carbocycles. The highest BCUT2D eigenvalue weighted by Crippen LogP contribution is 2.25. The van der Waals surface area contributed by atoms with E-state index < -0.39 is 6.10 Å². The monoisotopic (exact) mass is 230 g/mol. The zero-order chi connectivity index (χ0) is 12.4. The highest BCUT2D eigenvalue weighted by atomic mass is 19.1. The third-order valence-corrected chi connectivity index (χ3v) is 2.91. The first-order valence-electron chi connectivity index (χ1n) is 5.58. The Morgan fingerprint density at radius 1 is 1.00 bits per heavy atom. The Balaban J connectivity index is 2.36. The largest absolute Gasteiger partial charge is 0.384 e. The van der Waals surface area contributed by atoms with Gasteiger partial charge in [0.05, 0.1) is 0 Å². The minimum absolute atomic E-state index is 0.290.